The van der Waals surface area contributed by atoms with E-state index in [9.17, 15) is 15.0 Å². The maximum atomic E-state index is 11.6. The fraction of sp³-hybridized carbons (Fsp3) is 0.409. The summed E-state index contributed by atoms with van der Waals surface area (Å²) in [4.78, 5) is 13.9. The molecule has 184 valence electrons. The zero-order valence-corrected chi connectivity index (χ0v) is 23.8. The number of aromatic amines is 1. The number of H-pyrrole nitrogens is 1. The van der Waals surface area contributed by atoms with Gasteiger partial charge in [0, 0.05) is 29.4 Å². The summed E-state index contributed by atoms with van der Waals surface area (Å²) < 4.78 is 0.607. The van der Waals surface area contributed by atoms with Gasteiger partial charge in [-0.25, -0.2) is 0 Å². The van der Waals surface area contributed by atoms with Gasteiger partial charge < -0.3 is 25.8 Å². The van der Waals surface area contributed by atoms with E-state index in [1.54, 1.807) is 6.07 Å². The molecular formula is C22H30Br2ClN3O3S2. The lowest BCUT2D eigenvalue weighted by Gasteiger charge is -2.13. The first-order chi connectivity index (χ1) is 15.1. The Morgan fingerprint density at radius 1 is 1.06 bits per heavy atom. The molecule has 0 aliphatic rings. The molecule has 2 aromatic carbocycles. The molecule has 0 unspecified atom stereocenters. The highest BCUT2D eigenvalue weighted by Gasteiger charge is 2.15. The summed E-state index contributed by atoms with van der Waals surface area (Å²) in [7, 11) is 0. The monoisotopic (exact) mass is 641 g/mol. The van der Waals surface area contributed by atoms with E-state index in [1.807, 2.05) is 30.0 Å². The number of phenols is 1. The maximum Gasteiger partial charge on any atom is 0.305 e. The van der Waals surface area contributed by atoms with Gasteiger partial charge in [-0.2, -0.15) is 11.8 Å². The van der Waals surface area contributed by atoms with E-state index in [0.717, 1.165) is 60.3 Å². The number of benzene rings is 2. The lowest BCUT2D eigenvalue weighted by atomic mass is 10.1. The number of halogens is 3. The number of thiazole rings is 1. The number of aliphatic hydroxyl groups excluding tert-OH is 1. The molecule has 0 fully saturated rings. The van der Waals surface area contributed by atoms with E-state index in [-0.39, 0.29) is 44.6 Å². The molecule has 0 radical (unpaired) electrons. The number of hydrogen-bond acceptors (Lipinski definition) is 7. The van der Waals surface area contributed by atoms with Gasteiger partial charge in [-0.1, -0.05) is 47.2 Å². The molecule has 3 rings (SSSR count). The van der Waals surface area contributed by atoms with Crippen molar-refractivity contribution in [1.82, 2.24) is 15.6 Å². The SMILES string of the molecule is Br.Br.O=c1[nH]c2c(O)ccc([C@@H](O)CNCCSCCCNCCc3ccccc3Cl)c2s1. The van der Waals surface area contributed by atoms with Gasteiger partial charge in [0.25, 0.3) is 0 Å². The topological polar surface area (TPSA) is 97.4 Å². The van der Waals surface area contributed by atoms with Crippen LogP contribution in [0, 0.1) is 0 Å². The second-order valence-corrected chi connectivity index (χ2v) is 9.78. The number of fused-ring (bicyclic) bond motifs is 1. The van der Waals surface area contributed by atoms with Crippen molar-refractivity contribution in [1.29, 1.82) is 0 Å². The lowest BCUT2D eigenvalue weighted by Crippen LogP contribution is -2.24. The number of phenolic OH excluding ortho intramolecular Hbond substituents is 1. The molecular weight excluding hydrogens is 614 g/mol. The van der Waals surface area contributed by atoms with Crippen LogP contribution in [0.2, 0.25) is 5.02 Å². The number of aromatic nitrogens is 1. The molecule has 3 aromatic rings. The number of nitrogens with one attached hydrogen (secondary N) is 3. The Labute approximate surface area is 228 Å². The highest BCUT2D eigenvalue weighted by Crippen LogP contribution is 2.31. The van der Waals surface area contributed by atoms with E-state index in [2.05, 4.69) is 21.7 Å². The second kappa shape index (κ2) is 16.1. The van der Waals surface area contributed by atoms with E-state index in [1.165, 1.54) is 11.6 Å². The van der Waals surface area contributed by atoms with Crippen LogP contribution >= 0.6 is 68.7 Å². The average Bonchev–Trinajstić information content (AvgIpc) is 3.15. The normalized spacial score (nSPS) is 11.7. The van der Waals surface area contributed by atoms with Crippen molar-refractivity contribution < 1.29 is 10.2 Å². The molecule has 11 heteroatoms. The van der Waals surface area contributed by atoms with Gasteiger partial charge in [-0.3, -0.25) is 4.79 Å². The maximum absolute atomic E-state index is 11.6. The summed E-state index contributed by atoms with van der Waals surface area (Å²) in [6.07, 6.45) is 1.31. The van der Waals surface area contributed by atoms with Crippen molar-refractivity contribution >= 4 is 78.9 Å². The van der Waals surface area contributed by atoms with Crippen molar-refractivity contribution in [2.75, 3.05) is 37.7 Å². The zero-order chi connectivity index (χ0) is 22.1. The molecule has 1 heterocycles. The van der Waals surface area contributed by atoms with E-state index in [0.29, 0.717) is 22.3 Å². The van der Waals surface area contributed by atoms with Gasteiger partial charge >= 0.3 is 4.87 Å². The second-order valence-electron chi connectivity index (χ2n) is 7.17. The fourth-order valence-corrected chi connectivity index (χ4v) is 5.23. The van der Waals surface area contributed by atoms with Crippen molar-refractivity contribution in [3.63, 3.8) is 0 Å². The Kier molecular flexibility index (Phi) is 14.9. The number of thioether (sulfide) groups is 1. The molecule has 0 aliphatic carbocycles. The number of rotatable bonds is 13. The lowest BCUT2D eigenvalue weighted by molar-refractivity contribution is 0.177. The molecule has 1 aromatic heterocycles. The molecule has 5 N–H and O–H groups in total. The Hall–Kier alpha value is -0.590. The number of aliphatic hydroxyl groups is 1. The van der Waals surface area contributed by atoms with Crippen LogP contribution in [0.1, 0.15) is 23.7 Å². The van der Waals surface area contributed by atoms with E-state index in [4.69, 9.17) is 11.6 Å². The molecule has 0 saturated heterocycles. The van der Waals surface area contributed by atoms with Crippen LogP contribution in [0.5, 0.6) is 5.75 Å². The average molecular weight is 644 g/mol. The van der Waals surface area contributed by atoms with Crippen molar-refractivity contribution in [3.8, 4) is 5.75 Å². The van der Waals surface area contributed by atoms with Gasteiger partial charge in [0.2, 0.25) is 0 Å². The Balaban J connectivity index is 0.00000272. The van der Waals surface area contributed by atoms with Gasteiger partial charge in [0.1, 0.15) is 11.3 Å². The minimum atomic E-state index is -0.734. The molecule has 0 bridgehead atoms. The molecule has 0 amide bonds. The first kappa shape index (κ1) is 30.4. The third-order valence-corrected chi connectivity index (χ3v) is 7.25. The van der Waals surface area contributed by atoms with Crippen LogP contribution in [0.4, 0.5) is 0 Å². The Morgan fingerprint density at radius 3 is 2.64 bits per heavy atom. The van der Waals surface area contributed by atoms with Gasteiger partial charge in [0.05, 0.1) is 10.8 Å². The van der Waals surface area contributed by atoms with Crippen LogP contribution in [-0.2, 0) is 6.42 Å². The smallest absolute Gasteiger partial charge is 0.305 e. The summed E-state index contributed by atoms with van der Waals surface area (Å²) in [5, 5.41) is 27.9. The van der Waals surface area contributed by atoms with E-state index >= 15 is 0 Å². The summed E-state index contributed by atoms with van der Waals surface area (Å²) in [5.41, 5.74) is 2.22. The molecule has 6 nitrogen and oxygen atoms in total. The first-order valence-electron chi connectivity index (χ1n) is 10.3. The van der Waals surface area contributed by atoms with Crippen molar-refractivity contribution in [3.05, 3.63) is 62.2 Å². The molecule has 1 atom stereocenters. The summed E-state index contributed by atoms with van der Waals surface area (Å²) in [6, 6.07) is 11.1. The van der Waals surface area contributed by atoms with E-state index < -0.39 is 6.10 Å². The van der Waals surface area contributed by atoms with Crippen LogP contribution in [0.3, 0.4) is 0 Å². The minimum Gasteiger partial charge on any atom is -0.506 e. The molecule has 0 saturated carbocycles. The number of hydrogen-bond donors (Lipinski definition) is 5. The van der Waals surface area contributed by atoms with Crippen LogP contribution in [0.25, 0.3) is 10.2 Å². The predicted molar refractivity (Wildman–Crippen MR) is 153 cm³/mol. The standard InChI is InChI=1S/C22H28ClN3O3S2.2BrH/c23-17-5-2-1-4-15(17)8-10-24-9-3-12-30-13-11-25-14-19(28)16-6-7-18(27)20-21(16)31-22(29)26-20;;/h1-2,4-7,19,24-25,27-28H,3,8-14H2,(H,26,29);2*1H/t19-;;/m0../s1. The third kappa shape index (κ3) is 9.52. The number of aromatic hydroxyl groups is 1. The van der Waals surface area contributed by atoms with Gasteiger partial charge in [-0.15, -0.1) is 34.0 Å². The minimum absolute atomic E-state index is 0. The van der Waals surface area contributed by atoms with Gasteiger partial charge in [0.15, 0.2) is 0 Å². The molecule has 0 spiro atoms. The summed E-state index contributed by atoms with van der Waals surface area (Å²) in [5.74, 6) is 2.07. The third-order valence-electron chi connectivity index (χ3n) is 4.88. The Bertz CT molecular complexity index is 1040. The molecule has 0 aliphatic heterocycles. The predicted octanol–water partition coefficient (Wildman–Crippen LogP) is 4.68. The quantitative estimate of drug-likeness (QED) is 0.174. The van der Waals surface area contributed by atoms with Crippen molar-refractivity contribution in [2.45, 2.75) is 18.9 Å². The van der Waals surface area contributed by atoms with Crippen LogP contribution < -0.4 is 15.5 Å². The summed E-state index contributed by atoms with van der Waals surface area (Å²) >= 11 is 9.04. The van der Waals surface area contributed by atoms with Gasteiger partial charge in [-0.05, 0) is 49.4 Å². The summed E-state index contributed by atoms with van der Waals surface area (Å²) in [6.45, 7) is 3.11. The Morgan fingerprint density at radius 2 is 1.85 bits per heavy atom. The van der Waals surface area contributed by atoms with Crippen LogP contribution in [-0.4, -0.2) is 52.9 Å². The van der Waals surface area contributed by atoms with Crippen LogP contribution in [0.15, 0.2) is 41.2 Å². The highest BCUT2D eigenvalue weighted by molar-refractivity contribution is 8.93. The molecule has 33 heavy (non-hydrogen) atoms. The largest absolute Gasteiger partial charge is 0.506 e. The highest BCUT2D eigenvalue weighted by atomic mass is 79.9. The first-order valence-corrected chi connectivity index (χ1v) is 12.7. The van der Waals surface area contributed by atoms with Crippen molar-refractivity contribution in [2.24, 2.45) is 0 Å². The zero-order valence-electron chi connectivity index (χ0n) is 18.0. The fourth-order valence-electron chi connectivity index (χ4n) is 3.25.